The Balaban J connectivity index is 2.65. The third-order valence-corrected chi connectivity index (χ3v) is 2.99. The van der Waals surface area contributed by atoms with Gasteiger partial charge < -0.3 is 10.1 Å². The molecule has 17 heavy (non-hydrogen) atoms. The van der Waals surface area contributed by atoms with E-state index >= 15 is 0 Å². The van der Waals surface area contributed by atoms with Crippen LogP contribution in [0.2, 0.25) is 0 Å². The van der Waals surface area contributed by atoms with E-state index in [0.717, 1.165) is 12.2 Å². The molecule has 94 valence electrons. The predicted octanol–water partition coefficient (Wildman–Crippen LogP) is 2.71. The zero-order chi connectivity index (χ0) is 12.8. The van der Waals surface area contributed by atoms with Gasteiger partial charge >= 0.3 is 0 Å². The number of hydrogen-bond donors (Lipinski definition) is 1. The van der Waals surface area contributed by atoms with Gasteiger partial charge in [0.15, 0.2) is 6.10 Å². The molecular weight excluding hydrogens is 214 g/mol. The average Bonchev–Trinajstić information content (AvgIpc) is 2.37. The maximum absolute atomic E-state index is 11.3. The lowest BCUT2D eigenvalue weighted by molar-refractivity contribution is -0.126. The minimum Gasteiger partial charge on any atom is -0.481 e. The first-order valence-electron chi connectivity index (χ1n) is 6.06. The number of benzene rings is 1. The summed E-state index contributed by atoms with van der Waals surface area (Å²) in [5.41, 5.74) is 1.30. The van der Waals surface area contributed by atoms with Crippen LogP contribution < -0.4 is 10.1 Å². The fraction of sp³-hybridized carbons (Fsp3) is 0.500. The molecule has 2 atom stereocenters. The first kappa shape index (κ1) is 13.6. The highest BCUT2D eigenvalue weighted by atomic mass is 16.5. The van der Waals surface area contributed by atoms with E-state index in [9.17, 15) is 4.79 Å². The summed E-state index contributed by atoms with van der Waals surface area (Å²) in [6.07, 6.45) is 0.656. The molecule has 0 radical (unpaired) electrons. The van der Waals surface area contributed by atoms with Gasteiger partial charge in [-0.15, -0.1) is 0 Å². The van der Waals surface area contributed by atoms with Gasteiger partial charge in [-0.3, -0.25) is 4.79 Å². The van der Waals surface area contributed by atoms with Crippen molar-refractivity contribution >= 4 is 5.91 Å². The van der Waals surface area contributed by atoms with E-state index in [1.54, 1.807) is 14.0 Å². The molecule has 0 saturated heterocycles. The minimum atomic E-state index is -0.463. The fourth-order valence-electron chi connectivity index (χ4n) is 1.57. The lowest BCUT2D eigenvalue weighted by atomic mass is 9.99. The average molecular weight is 235 g/mol. The molecule has 3 nitrogen and oxygen atoms in total. The van der Waals surface area contributed by atoms with Crippen LogP contribution in [-0.4, -0.2) is 19.1 Å². The summed E-state index contributed by atoms with van der Waals surface area (Å²) in [4.78, 5) is 11.3. The van der Waals surface area contributed by atoms with Crippen LogP contribution >= 0.6 is 0 Å². The minimum absolute atomic E-state index is 0.115. The van der Waals surface area contributed by atoms with Gasteiger partial charge in [0.05, 0.1) is 0 Å². The molecular formula is C14H21NO2. The molecule has 0 bridgehead atoms. The molecule has 1 N–H and O–H groups in total. The Morgan fingerprint density at radius 3 is 2.35 bits per heavy atom. The molecule has 0 saturated carbocycles. The molecule has 0 spiro atoms. The quantitative estimate of drug-likeness (QED) is 0.852. The van der Waals surface area contributed by atoms with Crippen molar-refractivity contribution in [2.75, 3.05) is 7.05 Å². The molecule has 1 rings (SSSR count). The summed E-state index contributed by atoms with van der Waals surface area (Å²) in [6.45, 7) is 6.10. The maximum atomic E-state index is 11.3. The fourth-order valence-corrected chi connectivity index (χ4v) is 1.57. The zero-order valence-electron chi connectivity index (χ0n) is 11.0. The largest absolute Gasteiger partial charge is 0.481 e. The van der Waals surface area contributed by atoms with E-state index in [0.29, 0.717) is 5.92 Å². The molecule has 0 aliphatic carbocycles. The van der Waals surface area contributed by atoms with Crippen molar-refractivity contribution < 1.29 is 9.53 Å². The van der Waals surface area contributed by atoms with Gasteiger partial charge in [0, 0.05) is 7.05 Å². The van der Waals surface area contributed by atoms with E-state index in [2.05, 4.69) is 31.3 Å². The normalized spacial score (nSPS) is 13.9. The highest BCUT2D eigenvalue weighted by molar-refractivity contribution is 5.80. The van der Waals surface area contributed by atoms with Crippen molar-refractivity contribution in [1.82, 2.24) is 5.32 Å². The number of rotatable bonds is 5. The number of ether oxygens (including phenoxy) is 1. The van der Waals surface area contributed by atoms with E-state index in [4.69, 9.17) is 4.74 Å². The predicted molar refractivity (Wildman–Crippen MR) is 69.3 cm³/mol. The molecule has 2 unspecified atom stereocenters. The van der Waals surface area contributed by atoms with Gasteiger partial charge in [-0.2, -0.15) is 0 Å². The van der Waals surface area contributed by atoms with Crippen molar-refractivity contribution in [3.63, 3.8) is 0 Å². The Labute approximate surface area is 103 Å². The number of amides is 1. The third kappa shape index (κ3) is 3.77. The number of hydrogen-bond acceptors (Lipinski definition) is 2. The summed E-state index contributed by atoms with van der Waals surface area (Å²) in [5.74, 6) is 1.17. The summed E-state index contributed by atoms with van der Waals surface area (Å²) >= 11 is 0. The summed E-state index contributed by atoms with van der Waals surface area (Å²) < 4.78 is 5.52. The molecule has 0 aromatic heterocycles. The zero-order valence-corrected chi connectivity index (χ0v) is 11.0. The summed E-state index contributed by atoms with van der Waals surface area (Å²) in [5, 5.41) is 2.56. The van der Waals surface area contributed by atoms with Crippen molar-refractivity contribution in [1.29, 1.82) is 0 Å². The molecule has 3 heteroatoms. The lowest BCUT2D eigenvalue weighted by Crippen LogP contribution is -2.33. The highest BCUT2D eigenvalue weighted by Crippen LogP contribution is 2.21. The lowest BCUT2D eigenvalue weighted by Gasteiger charge is -2.14. The second-order valence-electron chi connectivity index (χ2n) is 4.25. The van der Waals surface area contributed by atoms with E-state index < -0.39 is 6.10 Å². The van der Waals surface area contributed by atoms with Gasteiger partial charge in [-0.1, -0.05) is 26.0 Å². The third-order valence-electron chi connectivity index (χ3n) is 2.99. The van der Waals surface area contributed by atoms with Crippen LogP contribution in [0, 0.1) is 0 Å². The summed E-state index contributed by atoms with van der Waals surface area (Å²) in [6, 6.07) is 7.95. The maximum Gasteiger partial charge on any atom is 0.260 e. The van der Waals surface area contributed by atoms with Crippen LogP contribution in [0.5, 0.6) is 5.75 Å². The van der Waals surface area contributed by atoms with Crippen LogP contribution in [0.3, 0.4) is 0 Å². The number of nitrogens with one attached hydrogen (secondary N) is 1. The molecule has 0 aliphatic heterocycles. The van der Waals surface area contributed by atoms with E-state index in [-0.39, 0.29) is 5.91 Å². The number of carbonyl (C=O) groups excluding carboxylic acids is 1. The standard InChI is InChI=1S/C14H21NO2/c1-5-10(2)12-6-8-13(9-7-12)17-11(3)14(16)15-4/h6-11H,5H2,1-4H3,(H,15,16). The van der Waals surface area contributed by atoms with Crippen LogP contribution in [0.1, 0.15) is 38.7 Å². The molecule has 1 aromatic rings. The second kappa shape index (κ2) is 6.28. The second-order valence-corrected chi connectivity index (χ2v) is 4.25. The molecule has 0 heterocycles. The SMILES string of the molecule is CCC(C)c1ccc(OC(C)C(=O)NC)cc1. The summed E-state index contributed by atoms with van der Waals surface area (Å²) in [7, 11) is 1.61. The van der Waals surface area contributed by atoms with Gasteiger partial charge in [-0.05, 0) is 37.0 Å². The van der Waals surface area contributed by atoms with Crippen molar-refractivity contribution in [2.45, 2.75) is 39.2 Å². The molecule has 0 aliphatic rings. The Morgan fingerprint density at radius 2 is 1.88 bits per heavy atom. The van der Waals surface area contributed by atoms with Crippen molar-refractivity contribution in [3.05, 3.63) is 29.8 Å². The van der Waals surface area contributed by atoms with Gasteiger partial charge in [0.1, 0.15) is 5.75 Å². The molecule has 0 fully saturated rings. The highest BCUT2D eigenvalue weighted by Gasteiger charge is 2.12. The van der Waals surface area contributed by atoms with E-state index in [1.807, 2.05) is 12.1 Å². The van der Waals surface area contributed by atoms with Crippen LogP contribution in [0.4, 0.5) is 0 Å². The van der Waals surface area contributed by atoms with Crippen molar-refractivity contribution in [3.8, 4) is 5.75 Å². The Kier molecular flexibility index (Phi) is 5.01. The Hall–Kier alpha value is -1.51. The Morgan fingerprint density at radius 1 is 1.29 bits per heavy atom. The van der Waals surface area contributed by atoms with Crippen LogP contribution in [0.25, 0.3) is 0 Å². The number of likely N-dealkylation sites (N-methyl/N-ethyl adjacent to an activating group) is 1. The van der Waals surface area contributed by atoms with Gasteiger partial charge in [0.2, 0.25) is 0 Å². The molecule has 1 amide bonds. The first-order valence-corrected chi connectivity index (χ1v) is 6.06. The topological polar surface area (TPSA) is 38.3 Å². The van der Waals surface area contributed by atoms with Gasteiger partial charge in [0.25, 0.3) is 5.91 Å². The smallest absolute Gasteiger partial charge is 0.260 e. The monoisotopic (exact) mass is 235 g/mol. The van der Waals surface area contributed by atoms with Gasteiger partial charge in [-0.25, -0.2) is 0 Å². The number of carbonyl (C=O) groups is 1. The first-order chi connectivity index (χ1) is 8.08. The van der Waals surface area contributed by atoms with Crippen LogP contribution in [-0.2, 0) is 4.79 Å². The molecule has 1 aromatic carbocycles. The van der Waals surface area contributed by atoms with E-state index in [1.165, 1.54) is 5.56 Å². The van der Waals surface area contributed by atoms with Crippen LogP contribution in [0.15, 0.2) is 24.3 Å². The Bertz CT molecular complexity index is 359. The van der Waals surface area contributed by atoms with Crippen molar-refractivity contribution in [2.24, 2.45) is 0 Å².